The molecule has 0 bridgehead atoms. The Hall–Kier alpha value is -1.53. The summed E-state index contributed by atoms with van der Waals surface area (Å²) in [5, 5.41) is 1.85. The molecule has 2 heterocycles. The van der Waals surface area contributed by atoms with E-state index in [2.05, 4.69) is 18.0 Å². The van der Waals surface area contributed by atoms with E-state index >= 15 is 0 Å². The van der Waals surface area contributed by atoms with Gasteiger partial charge >= 0.3 is 0 Å². The zero-order chi connectivity index (χ0) is 15.7. The minimum absolute atomic E-state index is 0.0116. The maximum absolute atomic E-state index is 12.7. The van der Waals surface area contributed by atoms with Gasteiger partial charge < -0.3 is 9.64 Å². The molecule has 0 unspecified atom stereocenters. The largest absolute Gasteiger partial charge is 0.497 e. The summed E-state index contributed by atoms with van der Waals surface area (Å²) in [5.74, 6) is 0.843. The van der Waals surface area contributed by atoms with Crippen molar-refractivity contribution in [3.05, 3.63) is 40.4 Å². The lowest BCUT2D eigenvalue weighted by Gasteiger charge is -2.35. The fourth-order valence-electron chi connectivity index (χ4n) is 2.79. The number of benzene rings is 1. The average molecular weight is 334 g/mol. The first-order valence-corrected chi connectivity index (χ1v) is 9.21. The van der Waals surface area contributed by atoms with Gasteiger partial charge in [-0.05, 0) is 42.9 Å². The van der Waals surface area contributed by atoms with Gasteiger partial charge in [0.1, 0.15) is 15.8 Å². The van der Waals surface area contributed by atoms with Crippen molar-refractivity contribution in [2.24, 2.45) is 0 Å². The SMILES string of the molecule is COc1ccc2c(c1)[C@H](C)N(C(=O)c1csc(SC)n1)CC2. The van der Waals surface area contributed by atoms with Gasteiger partial charge in [0.25, 0.3) is 5.91 Å². The van der Waals surface area contributed by atoms with Gasteiger partial charge in [0, 0.05) is 11.9 Å². The highest BCUT2D eigenvalue weighted by Crippen LogP contribution is 2.33. The number of carbonyl (C=O) groups is 1. The third-order valence-electron chi connectivity index (χ3n) is 4.03. The summed E-state index contributed by atoms with van der Waals surface area (Å²) in [7, 11) is 1.66. The number of amides is 1. The molecule has 22 heavy (non-hydrogen) atoms. The van der Waals surface area contributed by atoms with E-state index in [1.807, 2.05) is 28.7 Å². The second-order valence-electron chi connectivity index (χ2n) is 5.19. The molecule has 6 heteroatoms. The van der Waals surface area contributed by atoms with Crippen molar-refractivity contribution in [1.82, 2.24) is 9.88 Å². The smallest absolute Gasteiger partial charge is 0.273 e. The number of carbonyl (C=O) groups excluding carboxylic acids is 1. The van der Waals surface area contributed by atoms with Gasteiger partial charge in [-0.15, -0.1) is 11.3 Å². The van der Waals surface area contributed by atoms with E-state index in [9.17, 15) is 4.79 Å². The predicted molar refractivity (Wildman–Crippen MR) is 90.0 cm³/mol. The Balaban J connectivity index is 1.88. The van der Waals surface area contributed by atoms with Gasteiger partial charge in [-0.1, -0.05) is 17.8 Å². The monoisotopic (exact) mass is 334 g/mol. The molecule has 1 aliphatic rings. The Morgan fingerprint density at radius 2 is 2.32 bits per heavy atom. The molecular formula is C16H18N2O2S2. The molecule has 0 spiro atoms. The molecule has 1 aromatic heterocycles. The molecule has 1 aliphatic heterocycles. The van der Waals surface area contributed by atoms with Gasteiger partial charge in [0.05, 0.1) is 13.2 Å². The highest BCUT2D eigenvalue weighted by Gasteiger charge is 2.29. The first-order valence-electron chi connectivity index (χ1n) is 7.11. The van der Waals surface area contributed by atoms with Crippen LogP contribution in [0.1, 0.15) is 34.6 Å². The number of nitrogens with zero attached hydrogens (tertiary/aromatic N) is 2. The van der Waals surface area contributed by atoms with E-state index in [1.165, 1.54) is 22.5 Å². The number of methoxy groups -OCH3 is 1. The minimum atomic E-state index is 0.0116. The van der Waals surface area contributed by atoms with Crippen LogP contribution in [0.5, 0.6) is 5.75 Å². The number of thiazole rings is 1. The van der Waals surface area contributed by atoms with Gasteiger partial charge in [-0.2, -0.15) is 0 Å². The second-order valence-corrected chi connectivity index (χ2v) is 7.10. The summed E-state index contributed by atoms with van der Waals surface area (Å²) in [6.07, 6.45) is 2.84. The highest BCUT2D eigenvalue weighted by atomic mass is 32.2. The molecule has 0 saturated heterocycles. The summed E-state index contributed by atoms with van der Waals surface area (Å²) in [6.45, 7) is 2.79. The molecule has 116 valence electrons. The lowest BCUT2D eigenvalue weighted by atomic mass is 9.93. The maximum Gasteiger partial charge on any atom is 0.273 e. The summed E-state index contributed by atoms with van der Waals surface area (Å²) in [4.78, 5) is 19.0. The first kappa shape index (κ1) is 15.4. The molecular weight excluding hydrogens is 316 g/mol. The Morgan fingerprint density at radius 3 is 3.00 bits per heavy atom. The normalized spacial score (nSPS) is 17.2. The molecule has 3 rings (SSSR count). The van der Waals surface area contributed by atoms with E-state index in [-0.39, 0.29) is 11.9 Å². The van der Waals surface area contributed by atoms with Crippen LogP contribution in [0, 0.1) is 0 Å². The average Bonchev–Trinajstić information content (AvgIpc) is 3.03. The first-order chi connectivity index (χ1) is 10.6. The molecule has 4 nitrogen and oxygen atoms in total. The summed E-state index contributed by atoms with van der Waals surface area (Å²) in [6, 6.07) is 6.15. The van der Waals surface area contributed by atoms with E-state index < -0.39 is 0 Å². The molecule has 1 amide bonds. The van der Waals surface area contributed by atoms with Crippen molar-refractivity contribution in [2.45, 2.75) is 23.7 Å². The summed E-state index contributed by atoms with van der Waals surface area (Å²) < 4.78 is 6.24. The number of fused-ring (bicyclic) bond motifs is 1. The highest BCUT2D eigenvalue weighted by molar-refractivity contribution is 8.00. The van der Waals surface area contributed by atoms with E-state index in [0.717, 1.165) is 23.1 Å². The van der Waals surface area contributed by atoms with Crippen LogP contribution >= 0.6 is 23.1 Å². The van der Waals surface area contributed by atoms with Gasteiger partial charge in [0.15, 0.2) is 0 Å². The Labute approximate surface area is 138 Å². The van der Waals surface area contributed by atoms with Crippen molar-refractivity contribution in [2.75, 3.05) is 19.9 Å². The van der Waals surface area contributed by atoms with E-state index in [4.69, 9.17) is 4.74 Å². The zero-order valence-corrected chi connectivity index (χ0v) is 14.5. The zero-order valence-electron chi connectivity index (χ0n) is 12.8. The van der Waals surface area contributed by atoms with Crippen molar-refractivity contribution < 1.29 is 9.53 Å². The molecule has 1 aromatic carbocycles. The lowest BCUT2D eigenvalue weighted by molar-refractivity contribution is 0.0671. The van der Waals surface area contributed by atoms with Gasteiger partial charge in [-0.3, -0.25) is 4.79 Å². The van der Waals surface area contributed by atoms with Gasteiger partial charge in [0.2, 0.25) is 0 Å². The van der Waals surface area contributed by atoms with Crippen LogP contribution in [0.15, 0.2) is 27.9 Å². The van der Waals surface area contributed by atoms with Crippen LogP contribution in [0.2, 0.25) is 0 Å². The number of hydrogen-bond donors (Lipinski definition) is 0. The Bertz CT molecular complexity index is 699. The molecule has 0 saturated carbocycles. The van der Waals surface area contributed by atoms with Crippen LogP contribution in [-0.2, 0) is 6.42 Å². The molecule has 0 N–H and O–H groups in total. The molecule has 0 fully saturated rings. The maximum atomic E-state index is 12.7. The van der Waals surface area contributed by atoms with Crippen molar-refractivity contribution >= 4 is 29.0 Å². The third kappa shape index (κ3) is 2.73. The lowest BCUT2D eigenvalue weighted by Crippen LogP contribution is -2.39. The quantitative estimate of drug-likeness (QED) is 0.804. The number of ether oxygens (including phenoxy) is 1. The molecule has 0 aliphatic carbocycles. The van der Waals surface area contributed by atoms with E-state index in [1.54, 1.807) is 18.9 Å². The number of hydrogen-bond acceptors (Lipinski definition) is 5. The summed E-state index contributed by atoms with van der Waals surface area (Å²) >= 11 is 3.09. The van der Waals surface area contributed by atoms with E-state index in [0.29, 0.717) is 5.69 Å². The second kappa shape index (κ2) is 6.30. The topological polar surface area (TPSA) is 42.4 Å². The summed E-state index contributed by atoms with van der Waals surface area (Å²) in [5.41, 5.74) is 3.01. The van der Waals surface area contributed by atoms with Crippen molar-refractivity contribution in [3.8, 4) is 5.75 Å². The predicted octanol–water partition coefficient (Wildman–Crippen LogP) is 3.63. The van der Waals surface area contributed by atoms with Crippen LogP contribution in [-0.4, -0.2) is 35.7 Å². The van der Waals surface area contributed by atoms with Crippen molar-refractivity contribution in [1.29, 1.82) is 0 Å². The fraction of sp³-hybridized carbons (Fsp3) is 0.375. The van der Waals surface area contributed by atoms with Crippen molar-refractivity contribution in [3.63, 3.8) is 0 Å². The van der Waals surface area contributed by atoms with Crippen LogP contribution in [0.4, 0.5) is 0 Å². The standard InChI is InChI=1S/C16H18N2O2S2/c1-10-13-8-12(20-2)5-4-11(13)6-7-18(10)15(19)14-9-22-16(17-14)21-3/h4-5,8-10H,6-7H2,1-3H3/t10-/m0/s1. The fourth-order valence-corrected chi connectivity index (χ4v) is 4.03. The molecule has 0 radical (unpaired) electrons. The molecule has 2 aromatic rings. The Kier molecular flexibility index (Phi) is 4.40. The van der Waals surface area contributed by atoms with Crippen LogP contribution < -0.4 is 4.74 Å². The third-order valence-corrected chi connectivity index (χ3v) is 5.89. The minimum Gasteiger partial charge on any atom is -0.497 e. The number of aromatic nitrogens is 1. The molecule has 1 atom stereocenters. The van der Waals surface area contributed by atoms with Crippen LogP contribution in [0.25, 0.3) is 0 Å². The van der Waals surface area contributed by atoms with Crippen LogP contribution in [0.3, 0.4) is 0 Å². The number of rotatable bonds is 3. The Morgan fingerprint density at radius 1 is 1.50 bits per heavy atom. The van der Waals surface area contributed by atoms with Gasteiger partial charge in [-0.25, -0.2) is 4.98 Å². The number of thioether (sulfide) groups is 1.